The van der Waals surface area contributed by atoms with E-state index in [-0.39, 0.29) is 17.5 Å². The maximum absolute atomic E-state index is 11.7. The monoisotopic (exact) mass is 346 g/mol. The van der Waals surface area contributed by atoms with Gasteiger partial charge in [-0.1, -0.05) is 17.7 Å². The van der Waals surface area contributed by atoms with E-state index < -0.39 is 9.84 Å². The van der Waals surface area contributed by atoms with E-state index in [4.69, 9.17) is 0 Å². The molecule has 128 valence electrons. The predicted octanol–water partition coefficient (Wildman–Crippen LogP) is 2.46. The number of aryl methyl sites for hydroxylation is 2. The molecule has 1 aromatic heterocycles. The summed E-state index contributed by atoms with van der Waals surface area (Å²) in [6.45, 7) is 4.11. The highest BCUT2D eigenvalue weighted by Crippen LogP contribution is 2.25. The molecule has 1 unspecified atom stereocenters. The summed E-state index contributed by atoms with van der Waals surface area (Å²) >= 11 is 0. The van der Waals surface area contributed by atoms with Crippen molar-refractivity contribution in [1.29, 1.82) is 0 Å². The average Bonchev–Trinajstić information content (AvgIpc) is 2.90. The van der Waals surface area contributed by atoms with Crippen molar-refractivity contribution in [3.63, 3.8) is 0 Å². The molecule has 0 aliphatic carbocycles. The second-order valence-corrected chi connectivity index (χ2v) is 8.60. The zero-order valence-electron chi connectivity index (χ0n) is 14.2. The van der Waals surface area contributed by atoms with Crippen molar-refractivity contribution < 1.29 is 8.42 Å². The summed E-state index contributed by atoms with van der Waals surface area (Å²) in [7, 11) is -1.03. The molecule has 1 aromatic carbocycles. The van der Waals surface area contributed by atoms with Crippen LogP contribution < -0.4 is 10.2 Å². The molecule has 3 rings (SSSR count). The van der Waals surface area contributed by atoms with Crippen molar-refractivity contribution in [3.05, 3.63) is 41.7 Å². The Morgan fingerprint density at radius 3 is 2.67 bits per heavy atom. The van der Waals surface area contributed by atoms with Gasteiger partial charge in [0.05, 0.1) is 11.5 Å². The van der Waals surface area contributed by atoms with Crippen molar-refractivity contribution in [3.8, 4) is 0 Å². The molecular weight excluding hydrogens is 324 g/mol. The number of hydrogen-bond donors (Lipinski definition) is 1. The normalized spacial score (nSPS) is 19.2. The Morgan fingerprint density at radius 2 is 2.00 bits per heavy atom. The SMILES string of the molecule is Cc1ccc(Nc2cc(N(C)C3CCS(=O)(=O)C3)ncn2)c(C)c1. The first-order chi connectivity index (χ1) is 11.3. The molecule has 2 aromatic rings. The lowest BCUT2D eigenvalue weighted by atomic mass is 10.1. The molecule has 1 aliphatic rings. The first kappa shape index (κ1) is 16.7. The van der Waals surface area contributed by atoms with E-state index in [1.165, 1.54) is 11.9 Å². The number of sulfone groups is 1. The summed E-state index contributed by atoms with van der Waals surface area (Å²) in [5.74, 6) is 1.85. The van der Waals surface area contributed by atoms with Crippen LogP contribution in [-0.4, -0.2) is 43.0 Å². The van der Waals surface area contributed by atoms with Gasteiger partial charge in [-0.05, 0) is 31.9 Å². The van der Waals surface area contributed by atoms with Crippen LogP contribution in [0.15, 0.2) is 30.6 Å². The highest BCUT2D eigenvalue weighted by atomic mass is 32.2. The Kier molecular flexibility index (Phi) is 4.45. The minimum absolute atomic E-state index is 0.0288. The number of benzene rings is 1. The molecule has 1 fully saturated rings. The van der Waals surface area contributed by atoms with Crippen LogP contribution in [0.4, 0.5) is 17.3 Å². The smallest absolute Gasteiger partial charge is 0.152 e. The van der Waals surface area contributed by atoms with E-state index in [0.717, 1.165) is 17.1 Å². The van der Waals surface area contributed by atoms with Gasteiger partial charge in [-0.2, -0.15) is 0 Å². The molecule has 0 radical (unpaired) electrons. The molecule has 0 saturated carbocycles. The van der Waals surface area contributed by atoms with Crippen LogP contribution in [0.3, 0.4) is 0 Å². The summed E-state index contributed by atoms with van der Waals surface area (Å²) in [5, 5.41) is 3.31. The molecule has 7 heteroatoms. The largest absolute Gasteiger partial charge is 0.355 e. The molecule has 0 amide bonds. The van der Waals surface area contributed by atoms with Crippen LogP contribution in [-0.2, 0) is 9.84 Å². The van der Waals surface area contributed by atoms with E-state index >= 15 is 0 Å². The second-order valence-electron chi connectivity index (χ2n) is 6.37. The summed E-state index contributed by atoms with van der Waals surface area (Å²) in [6.07, 6.45) is 2.14. The van der Waals surface area contributed by atoms with E-state index in [1.54, 1.807) is 0 Å². The van der Waals surface area contributed by atoms with Crippen LogP contribution >= 0.6 is 0 Å². The lowest BCUT2D eigenvalue weighted by Gasteiger charge is -2.24. The fourth-order valence-corrected chi connectivity index (χ4v) is 4.74. The average molecular weight is 346 g/mol. The first-order valence-corrected chi connectivity index (χ1v) is 9.76. The topological polar surface area (TPSA) is 75.2 Å². The Labute approximate surface area is 142 Å². The van der Waals surface area contributed by atoms with Crippen molar-refractivity contribution in [2.24, 2.45) is 0 Å². The van der Waals surface area contributed by atoms with Gasteiger partial charge in [0, 0.05) is 24.8 Å². The van der Waals surface area contributed by atoms with Crippen molar-refractivity contribution >= 4 is 27.2 Å². The third-order valence-corrected chi connectivity index (χ3v) is 6.17. The number of hydrogen-bond acceptors (Lipinski definition) is 6. The van der Waals surface area contributed by atoms with Gasteiger partial charge in [-0.15, -0.1) is 0 Å². The summed E-state index contributed by atoms with van der Waals surface area (Å²) in [5.41, 5.74) is 3.35. The fourth-order valence-electron chi connectivity index (χ4n) is 2.97. The lowest BCUT2D eigenvalue weighted by Crippen LogP contribution is -2.33. The van der Waals surface area contributed by atoms with Gasteiger partial charge < -0.3 is 10.2 Å². The molecule has 1 N–H and O–H groups in total. The number of anilines is 3. The van der Waals surface area contributed by atoms with E-state index in [0.29, 0.717) is 12.2 Å². The molecule has 24 heavy (non-hydrogen) atoms. The van der Waals surface area contributed by atoms with Crippen LogP contribution in [0.25, 0.3) is 0 Å². The highest BCUT2D eigenvalue weighted by Gasteiger charge is 2.31. The van der Waals surface area contributed by atoms with Gasteiger partial charge in [0.15, 0.2) is 9.84 Å². The van der Waals surface area contributed by atoms with E-state index in [9.17, 15) is 8.42 Å². The van der Waals surface area contributed by atoms with Gasteiger partial charge in [-0.25, -0.2) is 18.4 Å². The second kappa shape index (κ2) is 6.39. The quantitative estimate of drug-likeness (QED) is 0.916. The Bertz CT molecular complexity index is 851. The standard InChI is InChI=1S/C17H22N4O2S/c1-12-4-5-15(13(2)8-12)20-16-9-17(19-11-18-16)21(3)14-6-7-24(22,23)10-14/h4-5,8-9,11,14H,6-7,10H2,1-3H3,(H,18,19,20). The zero-order valence-corrected chi connectivity index (χ0v) is 15.0. The Morgan fingerprint density at radius 1 is 1.21 bits per heavy atom. The Balaban J connectivity index is 1.79. The Hall–Kier alpha value is -2.15. The van der Waals surface area contributed by atoms with Crippen LogP contribution in [0, 0.1) is 13.8 Å². The molecular formula is C17H22N4O2S. The van der Waals surface area contributed by atoms with Crippen LogP contribution in [0.5, 0.6) is 0 Å². The van der Waals surface area contributed by atoms with Gasteiger partial charge in [0.1, 0.15) is 18.0 Å². The summed E-state index contributed by atoms with van der Waals surface area (Å²) in [6, 6.07) is 8.01. The molecule has 1 atom stereocenters. The number of nitrogens with one attached hydrogen (secondary N) is 1. The fraction of sp³-hybridized carbons (Fsp3) is 0.412. The van der Waals surface area contributed by atoms with Crippen molar-refractivity contribution in [2.45, 2.75) is 26.3 Å². The van der Waals surface area contributed by atoms with Crippen molar-refractivity contribution in [1.82, 2.24) is 9.97 Å². The van der Waals surface area contributed by atoms with Crippen molar-refractivity contribution in [2.75, 3.05) is 28.8 Å². The van der Waals surface area contributed by atoms with Gasteiger partial charge in [0.25, 0.3) is 0 Å². The highest BCUT2D eigenvalue weighted by molar-refractivity contribution is 7.91. The van der Waals surface area contributed by atoms with Crippen LogP contribution in [0.2, 0.25) is 0 Å². The molecule has 6 nitrogen and oxygen atoms in total. The molecule has 2 heterocycles. The molecule has 0 bridgehead atoms. The molecule has 1 saturated heterocycles. The number of aromatic nitrogens is 2. The van der Waals surface area contributed by atoms with Gasteiger partial charge in [0.2, 0.25) is 0 Å². The summed E-state index contributed by atoms with van der Waals surface area (Å²) < 4.78 is 23.4. The predicted molar refractivity (Wildman–Crippen MR) is 96.7 cm³/mol. The zero-order chi connectivity index (χ0) is 17.3. The third-order valence-electron chi connectivity index (χ3n) is 4.41. The van der Waals surface area contributed by atoms with Gasteiger partial charge in [-0.3, -0.25) is 0 Å². The maximum Gasteiger partial charge on any atom is 0.152 e. The third kappa shape index (κ3) is 3.67. The molecule has 0 spiro atoms. The first-order valence-electron chi connectivity index (χ1n) is 7.94. The number of rotatable bonds is 4. The van der Waals surface area contributed by atoms with E-state index in [2.05, 4.69) is 28.3 Å². The van der Waals surface area contributed by atoms with Gasteiger partial charge >= 0.3 is 0 Å². The number of nitrogens with zero attached hydrogens (tertiary/aromatic N) is 3. The van der Waals surface area contributed by atoms with Crippen LogP contribution in [0.1, 0.15) is 17.5 Å². The molecule has 1 aliphatic heterocycles. The van der Waals surface area contributed by atoms with E-state index in [1.807, 2.05) is 37.1 Å². The maximum atomic E-state index is 11.7. The minimum Gasteiger partial charge on any atom is -0.355 e. The lowest BCUT2D eigenvalue weighted by molar-refractivity contribution is 0.600. The minimum atomic E-state index is -2.92. The summed E-state index contributed by atoms with van der Waals surface area (Å²) in [4.78, 5) is 10.5.